The third-order valence-electron chi connectivity index (χ3n) is 2.31. The minimum absolute atomic E-state index is 0.228. The average molecular weight is 202 g/mol. The Kier molecular flexibility index (Phi) is 2.04. The summed E-state index contributed by atoms with van der Waals surface area (Å²) in [5.41, 5.74) is 6.83. The number of imide groups is 1. The molecular formula is C11H10N2O2. The maximum atomic E-state index is 11.8. The molecule has 4 nitrogen and oxygen atoms in total. The standard InChI is InChI=1S/C11H10N2O2/c1-2-5-13-10(14)8-4-3-7(12)6-9(8)11(13)15/h2-4,6H,1,5,12H2. The van der Waals surface area contributed by atoms with E-state index in [0.29, 0.717) is 16.8 Å². The number of hydrogen-bond donors (Lipinski definition) is 1. The van der Waals surface area contributed by atoms with Crippen LogP contribution in [0.4, 0.5) is 5.69 Å². The third kappa shape index (κ3) is 1.30. The topological polar surface area (TPSA) is 63.4 Å². The SMILES string of the molecule is C=CCN1C(=O)c2ccc(N)cc2C1=O. The summed E-state index contributed by atoms with van der Waals surface area (Å²) < 4.78 is 0. The fourth-order valence-electron chi connectivity index (χ4n) is 1.60. The van der Waals surface area contributed by atoms with Crippen molar-refractivity contribution >= 4 is 17.5 Å². The second kappa shape index (κ2) is 3.24. The predicted octanol–water partition coefficient (Wildman–Crippen LogP) is 1.05. The molecule has 76 valence electrons. The van der Waals surface area contributed by atoms with E-state index in [4.69, 9.17) is 5.73 Å². The van der Waals surface area contributed by atoms with Crippen molar-refractivity contribution in [3.63, 3.8) is 0 Å². The van der Waals surface area contributed by atoms with Gasteiger partial charge in [-0.3, -0.25) is 14.5 Å². The molecule has 1 aliphatic heterocycles. The molecule has 0 saturated heterocycles. The summed E-state index contributed by atoms with van der Waals surface area (Å²) in [6.07, 6.45) is 1.52. The zero-order valence-corrected chi connectivity index (χ0v) is 8.06. The van der Waals surface area contributed by atoms with E-state index in [1.165, 1.54) is 12.1 Å². The molecular weight excluding hydrogens is 192 g/mol. The monoisotopic (exact) mass is 202 g/mol. The molecule has 0 radical (unpaired) electrons. The normalized spacial score (nSPS) is 14.3. The van der Waals surface area contributed by atoms with E-state index in [0.717, 1.165) is 4.90 Å². The number of rotatable bonds is 2. The number of carbonyl (C=O) groups is 2. The van der Waals surface area contributed by atoms with E-state index >= 15 is 0 Å². The van der Waals surface area contributed by atoms with Gasteiger partial charge in [0.1, 0.15) is 0 Å². The first-order chi connectivity index (χ1) is 7.15. The molecule has 1 aromatic rings. The molecule has 2 rings (SSSR count). The van der Waals surface area contributed by atoms with Crippen LogP contribution in [0.5, 0.6) is 0 Å². The molecule has 0 spiro atoms. The maximum absolute atomic E-state index is 11.8. The molecule has 1 heterocycles. The largest absolute Gasteiger partial charge is 0.399 e. The molecule has 0 aromatic heterocycles. The van der Waals surface area contributed by atoms with Crippen LogP contribution >= 0.6 is 0 Å². The third-order valence-corrected chi connectivity index (χ3v) is 2.31. The Bertz CT molecular complexity index is 466. The highest BCUT2D eigenvalue weighted by atomic mass is 16.2. The van der Waals surface area contributed by atoms with Crippen LogP contribution in [0.25, 0.3) is 0 Å². The van der Waals surface area contributed by atoms with Gasteiger partial charge in [-0.25, -0.2) is 0 Å². The first-order valence-corrected chi connectivity index (χ1v) is 4.51. The van der Waals surface area contributed by atoms with Gasteiger partial charge in [0, 0.05) is 12.2 Å². The Morgan fingerprint density at radius 1 is 1.27 bits per heavy atom. The van der Waals surface area contributed by atoms with Crippen LogP contribution in [0.2, 0.25) is 0 Å². The molecule has 0 aliphatic carbocycles. The summed E-state index contributed by atoms with van der Waals surface area (Å²) in [7, 11) is 0. The van der Waals surface area contributed by atoms with E-state index in [1.807, 2.05) is 0 Å². The zero-order valence-electron chi connectivity index (χ0n) is 8.06. The Labute approximate surface area is 87.0 Å². The van der Waals surface area contributed by atoms with Gasteiger partial charge in [0.25, 0.3) is 11.8 Å². The van der Waals surface area contributed by atoms with Gasteiger partial charge < -0.3 is 5.73 Å². The number of anilines is 1. The van der Waals surface area contributed by atoms with Crippen LogP contribution in [0.3, 0.4) is 0 Å². The van der Waals surface area contributed by atoms with Crippen molar-refractivity contribution in [3.8, 4) is 0 Å². The van der Waals surface area contributed by atoms with E-state index in [-0.39, 0.29) is 18.4 Å². The van der Waals surface area contributed by atoms with Gasteiger partial charge in [-0.2, -0.15) is 0 Å². The lowest BCUT2D eigenvalue weighted by atomic mass is 10.1. The van der Waals surface area contributed by atoms with Crippen LogP contribution in [0.1, 0.15) is 20.7 Å². The molecule has 4 heteroatoms. The summed E-state index contributed by atoms with van der Waals surface area (Å²) in [4.78, 5) is 24.6. The fraction of sp³-hybridized carbons (Fsp3) is 0.0909. The molecule has 2 amide bonds. The number of nitrogens with two attached hydrogens (primary N) is 1. The molecule has 1 aromatic carbocycles. The van der Waals surface area contributed by atoms with Crippen LogP contribution in [0, 0.1) is 0 Å². The van der Waals surface area contributed by atoms with E-state index in [2.05, 4.69) is 6.58 Å². The van der Waals surface area contributed by atoms with Gasteiger partial charge >= 0.3 is 0 Å². The van der Waals surface area contributed by atoms with Crippen LogP contribution in [0.15, 0.2) is 30.9 Å². The quantitative estimate of drug-likeness (QED) is 0.443. The van der Waals surface area contributed by atoms with Crippen molar-refractivity contribution in [1.82, 2.24) is 4.90 Å². The minimum atomic E-state index is -0.304. The predicted molar refractivity (Wildman–Crippen MR) is 56.4 cm³/mol. The molecule has 2 N–H and O–H groups in total. The summed E-state index contributed by atoms with van der Waals surface area (Å²) in [5, 5.41) is 0. The van der Waals surface area contributed by atoms with Crippen LogP contribution in [-0.4, -0.2) is 23.3 Å². The number of nitrogen functional groups attached to an aromatic ring is 1. The van der Waals surface area contributed by atoms with Gasteiger partial charge in [0.05, 0.1) is 11.1 Å². The number of hydrogen-bond acceptors (Lipinski definition) is 3. The van der Waals surface area contributed by atoms with Crippen molar-refractivity contribution in [1.29, 1.82) is 0 Å². The Morgan fingerprint density at radius 2 is 1.93 bits per heavy atom. The van der Waals surface area contributed by atoms with Gasteiger partial charge in [0.15, 0.2) is 0 Å². The lowest BCUT2D eigenvalue weighted by Crippen LogP contribution is -2.29. The lowest BCUT2D eigenvalue weighted by Gasteiger charge is -2.09. The van der Waals surface area contributed by atoms with Crippen molar-refractivity contribution in [3.05, 3.63) is 42.0 Å². The van der Waals surface area contributed by atoms with Gasteiger partial charge in [-0.05, 0) is 18.2 Å². The minimum Gasteiger partial charge on any atom is -0.399 e. The van der Waals surface area contributed by atoms with Crippen molar-refractivity contribution < 1.29 is 9.59 Å². The first-order valence-electron chi connectivity index (χ1n) is 4.51. The Hall–Kier alpha value is -2.10. The molecule has 0 saturated carbocycles. The fourth-order valence-corrected chi connectivity index (χ4v) is 1.60. The van der Waals surface area contributed by atoms with Crippen molar-refractivity contribution in [2.24, 2.45) is 0 Å². The van der Waals surface area contributed by atoms with E-state index in [1.54, 1.807) is 12.1 Å². The highest BCUT2D eigenvalue weighted by Crippen LogP contribution is 2.24. The van der Waals surface area contributed by atoms with E-state index in [9.17, 15) is 9.59 Å². The average Bonchev–Trinajstić information content (AvgIpc) is 2.44. The van der Waals surface area contributed by atoms with Crippen molar-refractivity contribution in [2.75, 3.05) is 12.3 Å². The first kappa shape index (κ1) is 9.45. The Morgan fingerprint density at radius 3 is 2.60 bits per heavy atom. The summed E-state index contributed by atoms with van der Waals surface area (Å²) in [5.74, 6) is -0.586. The highest BCUT2D eigenvalue weighted by Gasteiger charge is 2.34. The van der Waals surface area contributed by atoms with Crippen LogP contribution in [-0.2, 0) is 0 Å². The molecule has 1 aliphatic rings. The zero-order chi connectivity index (χ0) is 11.0. The summed E-state index contributed by atoms with van der Waals surface area (Å²) in [6, 6.07) is 4.72. The molecule has 15 heavy (non-hydrogen) atoms. The second-order valence-corrected chi connectivity index (χ2v) is 3.31. The second-order valence-electron chi connectivity index (χ2n) is 3.31. The van der Waals surface area contributed by atoms with Crippen molar-refractivity contribution in [2.45, 2.75) is 0 Å². The summed E-state index contributed by atoms with van der Waals surface area (Å²) in [6.45, 7) is 3.73. The van der Waals surface area contributed by atoms with Crippen LogP contribution < -0.4 is 5.73 Å². The molecule has 0 fully saturated rings. The highest BCUT2D eigenvalue weighted by molar-refractivity contribution is 6.21. The smallest absolute Gasteiger partial charge is 0.261 e. The lowest BCUT2D eigenvalue weighted by molar-refractivity contribution is 0.0672. The molecule has 0 bridgehead atoms. The maximum Gasteiger partial charge on any atom is 0.261 e. The van der Waals surface area contributed by atoms with Gasteiger partial charge in [-0.1, -0.05) is 6.08 Å². The number of benzene rings is 1. The number of amides is 2. The summed E-state index contributed by atoms with van der Waals surface area (Å²) >= 11 is 0. The number of nitrogens with zero attached hydrogens (tertiary/aromatic N) is 1. The number of carbonyl (C=O) groups excluding carboxylic acids is 2. The van der Waals surface area contributed by atoms with Gasteiger partial charge in [0.2, 0.25) is 0 Å². The van der Waals surface area contributed by atoms with E-state index < -0.39 is 0 Å². The molecule has 0 atom stereocenters. The van der Waals surface area contributed by atoms with Gasteiger partial charge in [-0.15, -0.1) is 6.58 Å². The molecule has 0 unspecified atom stereocenters. The Balaban J connectivity index is 2.50. The number of fused-ring (bicyclic) bond motifs is 1.